The van der Waals surface area contributed by atoms with Gasteiger partial charge in [-0.1, -0.05) is 6.92 Å². The van der Waals surface area contributed by atoms with E-state index < -0.39 is 0 Å². The van der Waals surface area contributed by atoms with Crippen molar-refractivity contribution < 1.29 is 18.7 Å². The normalized spacial score (nSPS) is 14.5. The summed E-state index contributed by atoms with van der Waals surface area (Å²) in [6, 6.07) is 11.4. The molecule has 4 rings (SSSR count). The van der Waals surface area contributed by atoms with Gasteiger partial charge in [0.15, 0.2) is 0 Å². The molecule has 2 aromatic carbocycles. The summed E-state index contributed by atoms with van der Waals surface area (Å²) in [6.45, 7) is 3.64. The number of ether oxygens (including phenoxy) is 2. The number of anilines is 2. The van der Waals surface area contributed by atoms with E-state index in [9.17, 15) is 9.18 Å². The molecule has 2 heterocycles. The number of nitrogens with zero attached hydrogens (tertiary/aromatic N) is 2. The minimum atomic E-state index is -0.372. The molecule has 31 heavy (non-hydrogen) atoms. The van der Waals surface area contributed by atoms with Crippen LogP contribution < -0.4 is 14.8 Å². The van der Waals surface area contributed by atoms with E-state index in [1.807, 2.05) is 11.0 Å². The average Bonchev–Trinajstić information content (AvgIpc) is 2.79. The molecule has 0 bridgehead atoms. The van der Waals surface area contributed by atoms with E-state index in [-0.39, 0.29) is 11.7 Å². The SMILES string of the molecule is COc1ccc(Nc2cc(C(=O)N3CCC(C)CC3)nc3ccc(F)cc23)c(OC)c1. The first-order valence-corrected chi connectivity index (χ1v) is 10.4. The van der Waals surface area contributed by atoms with Gasteiger partial charge in [0.2, 0.25) is 0 Å². The summed E-state index contributed by atoms with van der Waals surface area (Å²) in [5, 5.41) is 3.88. The van der Waals surface area contributed by atoms with Gasteiger partial charge in [-0.15, -0.1) is 0 Å². The molecule has 0 saturated carbocycles. The summed E-state index contributed by atoms with van der Waals surface area (Å²) < 4.78 is 24.7. The number of carbonyl (C=O) groups excluding carboxylic acids is 1. The summed E-state index contributed by atoms with van der Waals surface area (Å²) in [5.41, 5.74) is 2.14. The monoisotopic (exact) mass is 423 g/mol. The van der Waals surface area contributed by atoms with Crippen molar-refractivity contribution in [2.45, 2.75) is 19.8 Å². The zero-order valence-electron chi connectivity index (χ0n) is 17.9. The molecule has 1 amide bonds. The zero-order chi connectivity index (χ0) is 22.0. The zero-order valence-corrected chi connectivity index (χ0v) is 17.9. The Bertz CT molecular complexity index is 1110. The second-order valence-electron chi connectivity index (χ2n) is 7.88. The lowest BCUT2D eigenvalue weighted by molar-refractivity contribution is 0.0691. The third-order valence-corrected chi connectivity index (χ3v) is 5.74. The number of methoxy groups -OCH3 is 2. The Kier molecular flexibility index (Phi) is 5.93. The molecule has 0 atom stereocenters. The molecule has 162 valence electrons. The Morgan fingerprint density at radius 1 is 1.06 bits per heavy atom. The van der Waals surface area contributed by atoms with E-state index >= 15 is 0 Å². The minimum absolute atomic E-state index is 0.108. The minimum Gasteiger partial charge on any atom is -0.497 e. The van der Waals surface area contributed by atoms with Crippen molar-refractivity contribution in [2.24, 2.45) is 5.92 Å². The standard InChI is InChI=1S/C24H26FN3O3/c1-15-8-10-28(11-9-15)24(29)22-14-21(18-12-16(25)4-6-19(18)26-22)27-20-7-5-17(30-2)13-23(20)31-3/h4-7,12-15H,8-11H2,1-3H3,(H,26,27). The first kappa shape index (κ1) is 20.9. The fourth-order valence-electron chi connectivity index (χ4n) is 3.83. The number of carbonyl (C=O) groups is 1. The van der Waals surface area contributed by atoms with E-state index in [1.165, 1.54) is 12.1 Å². The number of benzene rings is 2. The highest BCUT2D eigenvalue weighted by atomic mass is 19.1. The molecular weight excluding hydrogens is 397 g/mol. The molecule has 7 heteroatoms. The predicted octanol–water partition coefficient (Wildman–Crippen LogP) is 5.01. The number of piperidine rings is 1. The van der Waals surface area contributed by atoms with Crippen molar-refractivity contribution in [3.8, 4) is 11.5 Å². The van der Waals surface area contributed by atoms with Crippen LogP contribution in [0.25, 0.3) is 10.9 Å². The largest absolute Gasteiger partial charge is 0.497 e. The third-order valence-electron chi connectivity index (χ3n) is 5.74. The van der Waals surface area contributed by atoms with E-state index in [0.717, 1.165) is 25.9 Å². The Balaban J connectivity index is 1.75. The molecular formula is C24H26FN3O3. The molecule has 1 saturated heterocycles. The van der Waals surface area contributed by atoms with E-state index in [2.05, 4.69) is 17.2 Å². The number of halogens is 1. The maximum Gasteiger partial charge on any atom is 0.272 e. The number of hydrogen-bond donors (Lipinski definition) is 1. The Morgan fingerprint density at radius 3 is 2.55 bits per heavy atom. The molecule has 0 unspecified atom stereocenters. The Morgan fingerprint density at radius 2 is 1.84 bits per heavy atom. The molecule has 3 aromatic rings. The number of likely N-dealkylation sites (tertiary alicyclic amines) is 1. The maximum atomic E-state index is 14.0. The van der Waals surface area contributed by atoms with Crippen LogP contribution in [0.3, 0.4) is 0 Å². The van der Waals surface area contributed by atoms with Crippen molar-refractivity contribution in [1.29, 1.82) is 0 Å². The topological polar surface area (TPSA) is 63.7 Å². The molecule has 1 N–H and O–H groups in total. The summed E-state index contributed by atoms with van der Waals surface area (Å²) in [5.74, 6) is 1.36. The third kappa shape index (κ3) is 4.40. The molecule has 6 nitrogen and oxygen atoms in total. The van der Waals surface area contributed by atoms with Gasteiger partial charge in [-0.25, -0.2) is 9.37 Å². The lowest BCUT2D eigenvalue weighted by atomic mass is 9.99. The van der Waals surface area contributed by atoms with Gasteiger partial charge in [-0.2, -0.15) is 0 Å². The maximum absolute atomic E-state index is 14.0. The van der Waals surface area contributed by atoms with Crippen LogP contribution in [0.5, 0.6) is 11.5 Å². The molecule has 1 fully saturated rings. The highest BCUT2D eigenvalue weighted by Gasteiger charge is 2.23. The van der Waals surface area contributed by atoms with Crippen molar-refractivity contribution in [3.05, 3.63) is 54.0 Å². The van der Waals surface area contributed by atoms with E-state index in [1.54, 1.807) is 38.5 Å². The smallest absolute Gasteiger partial charge is 0.272 e. The first-order chi connectivity index (χ1) is 15.0. The van der Waals surface area contributed by atoms with Gasteiger partial charge < -0.3 is 19.7 Å². The van der Waals surface area contributed by atoms with Gasteiger partial charge in [0.05, 0.1) is 31.1 Å². The highest BCUT2D eigenvalue weighted by Crippen LogP contribution is 2.34. The molecule has 0 aliphatic carbocycles. The van der Waals surface area contributed by atoms with Gasteiger partial charge in [-0.3, -0.25) is 4.79 Å². The first-order valence-electron chi connectivity index (χ1n) is 10.4. The quantitative estimate of drug-likeness (QED) is 0.625. The van der Waals surface area contributed by atoms with Crippen LogP contribution in [-0.4, -0.2) is 43.1 Å². The number of amides is 1. The summed E-state index contributed by atoms with van der Waals surface area (Å²) >= 11 is 0. The van der Waals surface area contributed by atoms with E-state index in [4.69, 9.17) is 9.47 Å². The number of nitrogens with one attached hydrogen (secondary N) is 1. The second-order valence-corrected chi connectivity index (χ2v) is 7.88. The lowest BCUT2D eigenvalue weighted by Gasteiger charge is -2.30. The van der Waals surface area contributed by atoms with Crippen LogP contribution >= 0.6 is 0 Å². The van der Waals surface area contributed by atoms with Crippen LogP contribution in [-0.2, 0) is 0 Å². The lowest BCUT2D eigenvalue weighted by Crippen LogP contribution is -2.38. The van der Waals surface area contributed by atoms with Crippen LogP contribution in [0.15, 0.2) is 42.5 Å². The highest BCUT2D eigenvalue weighted by molar-refractivity contribution is 6.01. The number of aromatic nitrogens is 1. The summed E-state index contributed by atoms with van der Waals surface area (Å²) in [7, 11) is 3.15. The Hall–Kier alpha value is -3.35. The Labute approximate surface area is 181 Å². The van der Waals surface area contributed by atoms with Gasteiger partial charge in [0.25, 0.3) is 5.91 Å². The van der Waals surface area contributed by atoms with Crippen molar-refractivity contribution in [1.82, 2.24) is 9.88 Å². The van der Waals surface area contributed by atoms with Gasteiger partial charge in [0.1, 0.15) is 23.0 Å². The predicted molar refractivity (Wildman–Crippen MR) is 119 cm³/mol. The average molecular weight is 423 g/mol. The van der Waals surface area contributed by atoms with Gasteiger partial charge in [-0.05, 0) is 55.2 Å². The fourth-order valence-corrected chi connectivity index (χ4v) is 3.83. The van der Waals surface area contributed by atoms with Crippen molar-refractivity contribution >= 4 is 28.2 Å². The number of fused-ring (bicyclic) bond motifs is 1. The molecule has 1 aromatic heterocycles. The number of hydrogen-bond acceptors (Lipinski definition) is 5. The van der Waals surface area contributed by atoms with Gasteiger partial charge >= 0.3 is 0 Å². The second kappa shape index (κ2) is 8.79. The van der Waals surface area contributed by atoms with Gasteiger partial charge in [0, 0.05) is 24.5 Å². The van der Waals surface area contributed by atoms with Crippen molar-refractivity contribution in [2.75, 3.05) is 32.6 Å². The van der Waals surface area contributed by atoms with E-state index in [0.29, 0.717) is 45.4 Å². The van der Waals surface area contributed by atoms with Crippen LogP contribution in [0.1, 0.15) is 30.3 Å². The summed E-state index contributed by atoms with van der Waals surface area (Å²) in [4.78, 5) is 19.5. The number of pyridine rings is 1. The molecule has 1 aliphatic heterocycles. The molecule has 0 spiro atoms. The van der Waals surface area contributed by atoms with Crippen LogP contribution in [0.2, 0.25) is 0 Å². The van der Waals surface area contributed by atoms with Crippen LogP contribution in [0, 0.1) is 11.7 Å². The summed E-state index contributed by atoms with van der Waals surface area (Å²) in [6.07, 6.45) is 1.97. The molecule has 0 radical (unpaired) electrons. The van der Waals surface area contributed by atoms with Crippen molar-refractivity contribution in [3.63, 3.8) is 0 Å². The molecule has 1 aliphatic rings. The number of rotatable bonds is 5. The van der Waals surface area contributed by atoms with Crippen LogP contribution in [0.4, 0.5) is 15.8 Å². The fraction of sp³-hybridized carbons (Fsp3) is 0.333.